The third-order valence-electron chi connectivity index (χ3n) is 6.11. The Labute approximate surface area is 178 Å². The normalized spacial score (nSPS) is 15.6. The molecule has 1 heterocycles. The van der Waals surface area contributed by atoms with Gasteiger partial charge in [-0.05, 0) is 80.0 Å². The van der Waals surface area contributed by atoms with E-state index in [1.165, 1.54) is 16.7 Å². The molecule has 1 aliphatic rings. The summed E-state index contributed by atoms with van der Waals surface area (Å²) < 4.78 is 17.3. The van der Waals surface area contributed by atoms with E-state index in [-0.39, 0.29) is 0 Å². The van der Waals surface area contributed by atoms with Crippen LogP contribution in [-0.4, -0.2) is 33.1 Å². The van der Waals surface area contributed by atoms with Crippen molar-refractivity contribution in [2.45, 2.75) is 40.2 Å². The lowest BCUT2D eigenvalue weighted by Crippen LogP contribution is -2.19. The van der Waals surface area contributed by atoms with Crippen LogP contribution in [0.3, 0.4) is 0 Å². The van der Waals surface area contributed by atoms with Crippen LogP contribution in [0.15, 0.2) is 35.3 Å². The summed E-state index contributed by atoms with van der Waals surface area (Å²) in [5.74, 6) is 2.50. The van der Waals surface area contributed by atoms with Crippen molar-refractivity contribution in [3.05, 3.63) is 52.6 Å². The quantitative estimate of drug-likeness (QED) is 0.544. The molecule has 1 atom stereocenters. The second kappa shape index (κ2) is 7.67. The molecule has 0 saturated heterocycles. The monoisotopic (exact) mass is 403 g/mol. The maximum atomic E-state index is 5.93. The molecule has 30 heavy (non-hydrogen) atoms. The standard InChI is InChI=1S/C26H29NO3/c1-14-11-21(29-6)26-19(9-8-10-20(26)28-5)23(14)25-16(3)24-17(4)27-15(2)12-18(24)13-22(25)30-7/h8-11,13,15H,12H2,1-7H3. The SMILES string of the molecule is COc1cc2c(c(C)c1-c1c(C)cc(OC)c3c(OC)cccc13)C(C)=NC(C)C2. The Hall–Kier alpha value is -3.01. The van der Waals surface area contributed by atoms with Gasteiger partial charge in [-0.25, -0.2) is 0 Å². The number of aliphatic imine (C=N–C) groups is 1. The second-order valence-corrected chi connectivity index (χ2v) is 8.03. The van der Waals surface area contributed by atoms with E-state index in [0.29, 0.717) is 6.04 Å². The van der Waals surface area contributed by atoms with Crippen LogP contribution in [0.4, 0.5) is 0 Å². The van der Waals surface area contributed by atoms with Crippen LogP contribution in [0.25, 0.3) is 21.9 Å². The molecular weight excluding hydrogens is 374 g/mol. The highest BCUT2D eigenvalue weighted by Crippen LogP contribution is 2.47. The van der Waals surface area contributed by atoms with Crippen LogP contribution in [0, 0.1) is 13.8 Å². The first-order valence-corrected chi connectivity index (χ1v) is 10.3. The number of rotatable bonds is 4. The second-order valence-electron chi connectivity index (χ2n) is 8.03. The Bertz CT molecular complexity index is 1180. The average Bonchev–Trinajstić information content (AvgIpc) is 2.72. The van der Waals surface area contributed by atoms with Gasteiger partial charge in [0, 0.05) is 16.8 Å². The van der Waals surface area contributed by atoms with Gasteiger partial charge in [0.15, 0.2) is 0 Å². The highest BCUT2D eigenvalue weighted by atomic mass is 16.5. The number of hydrogen-bond acceptors (Lipinski definition) is 4. The molecule has 156 valence electrons. The molecule has 0 bridgehead atoms. The molecule has 1 unspecified atom stereocenters. The van der Waals surface area contributed by atoms with Crippen molar-refractivity contribution >= 4 is 16.5 Å². The molecule has 4 heteroatoms. The van der Waals surface area contributed by atoms with Gasteiger partial charge in [0.25, 0.3) is 0 Å². The Balaban J connectivity index is 2.14. The molecule has 0 radical (unpaired) electrons. The van der Waals surface area contributed by atoms with Gasteiger partial charge in [0.05, 0.1) is 32.8 Å². The van der Waals surface area contributed by atoms with Gasteiger partial charge in [0.2, 0.25) is 0 Å². The van der Waals surface area contributed by atoms with Crippen LogP contribution >= 0.6 is 0 Å². The van der Waals surface area contributed by atoms with E-state index in [0.717, 1.165) is 56.8 Å². The number of nitrogens with zero attached hydrogens (tertiary/aromatic N) is 1. The van der Waals surface area contributed by atoms with Crippen molar-refractivity contribution in [2.75, 3.05) is 21.3 Å². The topological polar surface area (TPSA) is 40.0 Å². The molecule has 1 aliphatic heterocycles. The first-order chi connectivity index (χ1) is 14.4. The summed E-state index contributed by atoms with van der Waals surface area (Å²) in [5, 5.41) is 2.06. The lowest BCUT2D eigenvalue weighted by Gasteiger charge is -2.26. The number of fused-ring (bicyclic) bond motifs is 2. The number of methoxy groups -OCH3 is 3. The minimum Gasteiger partial charge on any atom is -0.496 e. The van der Waals surface area contributed by atoms with Crippen molar-refractivity contribution in [1.82, 2.24) is 0 Å². The summed E-state index contributed by atoms with van der Waals surface area (Å²) in [6.45, 7) is 8.58. The molecule has 0 N–H and O–H groups in total. The summed E-state index contributed by atoms with van der Waals surface area (Å²) in [4.78, 5) is 4.85. The largest absolute Gasteiger partial charge is 0.496 e. The first-order valence-electron chi connectivity index (χ1n) is 10.3. The Morgan fingerprint density at radius 1 is 0.833 bits per heavy atom. The maximum Gasteiger partial charge on any atom is 0.130 e. The van der Waals surface area contributed by atoms with Crippen molar-refractivity contribution < 1.29 is 14.2 Å². The van der Waals surface area contributed by atoms with Crippen molar-refractivity contribution in [3.8, 4) is 28.4 Å². The van der Waals surface area contributed by atoms with Crippen LogP contribution < -0.4 is 14.2 Å². The van der Waals surface area contributed by atoms with Crippen LogP contribution in [0.1, 0.15) is 36.1 Å². The van der Waals surface area contributed by atoms with Gasteiger partial charge in [-0.3, -0.25) is 4.99 Å². The Kier molecular flexibility index (Phi) is 5.19. The summed E-state index contributed by atoms with van der Waals surface area (Å²) in [5.41, 5.74) is 8.24. The molecule has 0 spiro atoms. The average molecular weight is 404 g/mol. The van der Waals surface area contributed by atoms with E-state index in [4.69, 9.17) is 19.2 Å². The van der Waals surface area contributed by atoms with Gasteiger partial charge in [-0.15, -0.1) is 0 Å². The van der Waals surface area contributed by atoms with E-state index in [2.05, 4.69) is 45.9 Å². The zero-order valence-corrected chi connectivity index (χ0v) is 18.8. The van der Waals surface area contributed by atoms with E-state index in [1.54, 1.807) is 21.3 Å². The number of benzene rings is 3. The third-order valence-corrected chi connectivity index (χ3v) is 6.11. The molecule has 3 aromatic rings. The van der Waals surface area contributed by atoms with Gasteiger partial charge in [0.1, 0.15) is 17.2 Å². The first kappa shape index (κ1) is 20.3. The highest BCUT2D eigenvalue weighted by Gasteiger charge is 2.26. The molecule has 0 fully saturated rings. The van der Waals surface area contributed by atoms with Gasteiger partial charge in [-0.1, -0.05) is 12.1 Å². The zero-order chi connectivity index (χ0) is 21.6. The fraction of sp³-hybridized carbons (Fsp3) is 0.346. The molecule has 4 rings (SSSR count). The molecule has 0 saturated carbocycles. The van der Waals surface area contributed by atoms with Crippen molar-refractivity contribution in [1.29, 1.82) is 0 Å². The summed E-state index contributed by atoms with van der Waals surface area (Å²) >= 11 is 0. The summed E-state index contributed by atoms with van der Waals surface area (Å²) in [6.07, 6.45) is 0.931. The number of hydrogen-bond donors (Lipinski definition) is 0. The highest BCUT2D eigenvalue weighted by molar-refractivity contribution is 6.09. The molecule has 0 aromatic heterocycles. The molecule has 3 aromatic carbocycles. The van der Waals surface area contributed by atoms with Gasteiger partial charge in [-0.2, -0.15) is 0 Å². The van der Waals surface area contributed by atoms with Crippen molar-refractivity contribution in [2.24, 2.45) is 4.99 Å². The van der Waals surface area contributed by atoms with Crippen LogP contribution in [0.2, 0.25) is 0 Å². The van der Waals surface area contributed by atoms with Gasteiger partial charge < -0.3 is 14.2 Å². The number of aryl methyl sites for hydroxylation is 1. The fourth-order valence-corrected chi connectivity index (χ4v) is 4.96. The maximum absolute atomic E-state index is 5.93. The number of ether oxygens (including phenoxy) is 3. The zero-order valence-electron chi connectivity index (χ0n) is 18.8. The minimum atomic E-state index is 0.292. The Morgan fingerprint density at radius 2 is 1.53 bits per heavy atom. The third kappa shape index (κ3) is 3.02. The van der Waals surface area contributed by atoms with Crippen LogP contribution in [0.5, 0.6) is 17.2 Å². The lowest BCUT2D eigenvalue weighted by atomic mass is 9.83. The minimum absolute atomic E-state index is 0.292. The Morgan fingerprint density at radius 3 is 2.20 bits per heavy atom. The fourth-order valence-electron chi connectivity index (χ4n) is 4.96. The van der Waals surface area contributed by atoms with E-state index < -0.39 is 0 Å². The molecule has 0 aliphatic carbocycles. The van der Waals surface area contributed by atoms with Gasteiger partial charge >= 0.3 is 0 Å². The molecule has 4 nitrogen and oxygen atoms in total. The van der Waals surface area contributed by atoms with Crippen molar-refractivity contribution in [3.63, 3.8) is 0 Å². The van der Waals surface area contributed by atoms with E-state index in [9.17, 15) is 0 Å². The van der Waals surface area contributed by atoms with Crippen LogP contribution in [-0.2, 0) is 6.42 Å². The predicted molar refractivity (Wildman–Crippen MR) is 124 cm³/mol. The summed E-state index contributed by atoms with van der Waals surface area (Å²) in [7, 11) is 5.14. The lowest BCUT2D eigenvalue weighted by molar-refractivity contribution is 0.405. The van der Waals surface area contributed by atoms with E-state index >= 15 is 0 Å². The molecular formula is C26H29NO3. The predicted octanol–water partition coefficient (Wildman–Crippen LogP) is 5.90. The summed E-state index contributed by atoms with van der Waals surface area (Å²) in [6, 6.07) is 10.7. The van der Waals surface area contributed by atoms with E-state index in [1.807, 2.05) is 12.1 Å². The smallest absolute Gasteiger partial charge is 0.130 e. The molecule has 0 amide bonds.